The molecule has 1 saturated heterocycles. The van der Waals surface area contributed by atoms with E-state index < -0.39 is 6.04 Å². The number of nitrogens with two attached hydrogens (primary N) is 1. The van der Waals surface area contributed by atoms with Gasteiger partial charge in [0.15, 0.2) is 5.82 Å². The molecule has 0 bridgehead atoms. The first-order valence-electron chi connectivity index (χ1n) is 6.83. The monoisotopic (exact) mass is 315 g/mol. The number of aryl methyl sites for hydroxylation is 1. The second kappa shape index (κ2) is 7.42. The molecule has 21 heavy (non-hydrogen) atoms. The molecule has 0 spiro atoms. The van der Waals surface area contributed by atoms with Crippen LogP contribution in [0.25, 0.3) is 0 Å². The van der Waals surface area contributed by atoms with Gasteiger partial charge in [0.25, 0.3) is 5.91 Å². The average Bonchev–Trinajstić information content (AvgIpc) is 2.77. The lowest BCUT2D eigenvalue weighted by Crippen LogP contribution is -2.53. The number of rotatable bonds is 4. The Morgan fingerprint density at radius 2 is 2.33 bits per heavy atom. The van der Waals surface area contributed by atoms with Crippen LogP contribution in [0.15, 0.2) is 12.3 Å². The molecule has 2 atom stereocenters. The molecular weight excluding hydrogens is 294 g/mol. The number of amides is 2. The lowest BCUT2D eigenvalue weighted by atomic mass is 10.0. The minimum atomic E-state index is -0.475. The Hall–Kier alpha value is -1.60. The maximum absolute atomic E-state index is 12.4. The van der Waals surface area contributed by atoms with Gasteiger partial charge in [-0.2, -0.15) is 5.10 Å². The molecule has 0 radical (unpaired) electrons. The third-order valence-electron chi connectivity index (χ3n) is 3.26. The summed E-state index contributed by atoms with van der Waals surface area (Å²) in [6.07, 6.45) is 3.52. The molecule has 1 aromatic rings. The van der Waals surface area contributed by atoms with Gasteiger partial charge in [0.2, 0.25) is 5.91 Å². The van der Waals surface area contributed by atoms with Crippen LogP contribution in [0, 0.1) is 0 Å². The number of aromatic nitrogens is 2. The van der Waals surface area contributed by atoms with E-state index in [-0.39, 0.29) is 36.7 Å². The van der Waals surface area contributed by atoms with Crippen molar-refractivity contribution in [3.05, 3.63) is 12.3 Å². The number of hydrogen-bond donors (Lipinski definition) is 2. The van der Waals surface area contributed by atoms with E-state index in [0.29, 0.717) is 18.8 Å². The largest absolute Gasteiger partial charge is 0.344 e. The third kappa shape index (κ3) is 4.44. The van der Waals surface area contributed by atoms with Gasteiger partial charge < -0.3 is 11.1 Å². The Kier molecular flexibility index (Phi) is 6.17. The number of anilines is 1. The highest BCUT2D eigenvalue weighted by molar-refractivity contribution is 5.99. The first kappa shape index (κ1) is 17.5. The van der Waals surface area contributed by atoms with Crippen LogP contribution in [-0.2, 0) is 16.6 Å². The molecule has 2 unspecified atom stereocenters. The molecule has 2 amide bonds. The van der Waals surface area contributed by atoms with Crippen molar-refractivity contribution in [3.63, 3.8) is 0 Å². The van der Waals surface area contributed by atoms with Gasteiger partial charge in [-0.25, -0.2) is 0 Å². The van der Waals surface area contributed by atoms with Crippen molar-refractivity contribution < 1.29 is 9.59 Å². The van der Waals surface area contributed by atoms with Crippen molar-refractivity contribution in [2.75, 3.05) is 11.4 Å². The summed E-state index contributed by atoms with van der Waals surface area (Å²) in [5.74, 6) is 0.345. The van der Waals surface area contributed by atoms with E-state index >= 15 is 0 Å². The van der Waals surface area contributed by atoms with Crippen LogP contribution in [0.3, 0.4) is 0 Å². The molecular formula is C13H22ClN5O2. The van der Waals surface area contributed by atoms with Crippen LogP contribution < -0.4 is 16.0 Å². The fourth-order valence-corrected chi connectivity index (χ4v) is 2.33. The van der Waals surface area contributed by atoms with E-state index in [0.717, 1.165) is 6.42 Å². The average molecular weight is 316 g/mol. The summed E-state index contributed by atoms with van der Waals surface area (Å²) in [6.45, 7) is 2.40. The first-order chi connectivity index (χ1) is 9.47. The predicted octanol–water partition coefficient (Wildman–Crippen LogP) is 0.191. The molecule has 1 aromatic heterocycles. The second-order valence-corrected chi connectivity index (χ2v) is 5.28. The van der Waals surface area contributed by atoms with Crippen LogP contribution in [0.2, 0.25) is 0 Å². The van der Waals surface area contributed by atoms with Gasteiger partial charge in [0, 0.05) is 38.3 Å². The molecule has 118 valence electrons. The molecule has 1 aliphatic heterocycles. The fraction of sp³-hybridized carbons (Fsp3) is 0.615. The lowest BCUT2D eigenvalue weighted by molar-refractivity contribution is -0.128. The molecule has 1 fully saturated rings. The molecule has 8 heteroatoms. The summed E-state index contributed by atoms with van der Waals surface area (Å²) in [5, 5.41) is 7.00. The van der Waals surface area contributed by atoms with Crippen LogP contribution in [-0.4, -0.2) is 40.2 Å². The van der Waals surface area contributed by atoms with Gasteiger partial charge in [0.1, 0.15) is 6.04 Å². The number of carbonyl (C=O) groups is 2. The SMILES string of the molecule is CC(N)CC(=O)NC1CCCN(c2ccn(C)n2)C1=O.Cl. The van der Waals surface area contributed by atoms with Crippen LogP contribution >= 0.6 is 12.4 Å². The van der Waals surface area contributed by atoms with Gasteiger partial charge in [-0.05, 0) is 19.8 Å². The van der Waals surface area contributed by atoms with Crippen molar-refractivity contribution in [1.29, 1.82) is 0 Å². The zero-order valence-corrected chi connectivity index (χ0v) is 13.1. The van der Waals surface area contributed by atoms with E-state index in [1.165, 1.54) is 0 Å². The van der Waals surface area contributed by atoms with Gasteiger partial charge in [0.05, 0.1) is 0 Å². The molecule has 0 aromatic carbocycles. The maximum atomic E-state index is 12.4. The first-order valence-corrected chi connectivity index (χ1v) is 6.83. The van der Waals surface area contributed by atoms with Gasteiger partial charge in [-0.3, -0.25) is 19.2 Å². The summed E-state index contributed by atoms with van der Waals surface area (Å²) < 4.78 is 1.65. The molecule has 1 aliphatic rings. The summed E-state index contributed by atoms with van der Waals surface area (Å²) in [4.78, 5) is 25.7. The molecule has 2 heterocycles. The Morgan fingerprint density at radius 3 is 2.90 bits per heavy atom. The highest BCUT2D eigenvalue weighted by Crippen LogP contribution is 2.19. The van der Waals surface area contributed by atoms with E-state index in [9.17, 15) is 9.59 Å². The van der Waals surface area contributed by atoms with Gasteiger partial charge >= 0.3 is 0 Å². The Morgan fingerprint density at radius 1 is 1.62 bits per heavy atom. The summed E-state index contributed by atoms with van der Waals surface area (Å²) >= 11 is 0. The molecule has 7 nitrogen and oxygen atoms in total. The van der Waals surface area contributed by atoms with E-state index in [1.54, 1.807) is 35.8 Å². The number of nitrogens with one attached hydrogen (secondary N) is 1. The number of nitrogens with zero attached hydrogens (tertiary/aromatic N) is 3. The molecule has 0 aliphatic carbocycles. The summed E-state index contributed by atoms with van der Waals surface area (Å²) in [7, 11) is 1.81. The minimum absolute atomic E-state index is 0. The van der Waals surface area contributed by atoms with Gasteiger partial charge in [-0.1, -0.05) is 0 Å². The summed E-state index contributed by atoms with van der Waals surface area (Å²) in [5.41, 5.74) is 5.59. The van der Waals surface area contributed by atoms with Crippen molar-refractivity contribution in [1.82, 2.24) is 15.1 Å². The predicted molar refractivity (Wildman–Crippen MR) is 82.2 cm³/mol. The van der Waals surface area contributed by atoms with Gasteiger partial charge in [-0.15, -0.1) is 12.4 Å². The zero-order chi connectivity index (χ0) is 14.7. The fourth-order valence-electron chi connectivity index (χ4n) is 2.33. The lowest BCUT2D eigenvalue weighted by Gasteiger charge is -2.31. The van der Waals surface area contributed by atoms with E-state index in [4.69, 9.17) is 5.73 Å². The molecule has 0 saturated carbocycles. The quantitative estimate of drug-likeness (QED) is 0.829. The molecule has 2 rings (SSSR count). The topological polar surface area (TPSA) is 93.2 Å². The zero-order valence-electron chi connectivity index (χ0n) is 12.3. The van der Waals surface area contributed by atoms with Crippen molar-refractivity contribution in [2.45, 2.75) is 38.3 Å². The van der Waals surface area contributed by atoms with Crippen LogP contribution in [0.1, 0.15) is 26.2 Å². The maximum Gasteiger partial charge on any atom is 0.250 e. The molecule has 3 N–H and O–H groups in total. The van der Waals surface area contributed by atoms with E-state index in [2.05, 4.69) is 10.4 Å². The van der Waals surface area contributed by atoms with Crippen molar-refractivity contribution >= 4 is 30.0 Å². The number of halogens is 1. The van der Waals surface area contributed by atoms with Crippen molar-refractivity contribution in [2.24, 2.45) is 12.8 Å². The van der Waals surface area contributed by atoms with Crippen molar-refractivity contribution in [3.8, 4) is 0 Å². The normalized spacial score (nSPS) is 19.9. The van der Waals surface area contributed by atoms with Crippen LogP contribution in [0.5, 0.6) is 0 Å². The Bertz CT molecular complexity index is 503. The number of carbonyl (C=O) groups excluding carboxylic acids is 2. The highest BCUT2D eigenvalue weighted by atomic mass is 35.5. The second-order valence-electron chi connectivity index (χ2n) is 5.28. The highest BCUT2D eigenvalue weighted by Gasteiger charge is 2.31. The number of hydrogen-bond acceptors (Lipinski definition) is 4. The van der Waals surface area contributed by atoms with Crippen LogP contribution in [0.4, 0.5) is 5.82 Å². The Labute approximate surface area is 130 Å². The standard InChI is InChI=1S/C13H21N5O2.ClH/c1-9(14)8-12(19)15-10-4-3-6-18(13(10)20)11-5-7-17(2)16-11;/h5,7,9-10H,3-4,6,8,14H2,1-2H3,(H,15,19);1H. The third-order valence-corrected chi connectivity index (χ3v) is 3.26. The summed E-state index contributed by atoms with van der Waals surface area (Å²) in [6, 6.07) is 1.11. The smallest absolute Gasteiger partial charge is 0.250 e. The number of piperidine rings is 1. The minimum Gasteiger partial charge on any atom is -0.344 e. The Balaban J connectivity index is 0.00000220. The van der Waals surface area contributed by atoms with E-state index in [1.807, 2.05) is 0 Å².